The van der Waals surface area contributed by atoms with Gasteiger partial charge in [0.05, 0.1) is 11.1 Å². The molecule has 16 heteroatoms. The van der Waals surface area contributed by atoms with Gasteiger partial charge in [0.25, 0.3) is 22.9 Å². The van der Waals surface area contributed by atoms with E-state index in [-0.39, 0.29) is 29.0 Å². The summed E-state index contributed by atoms with van der Waals surface area (Å²) in [7, 11) is 2.05. The summed E-state index contributed by atoms with van der Waals surface area (Å²) in [5.74, 6) is -1.11. The predicted octanol–water partition coefficient (Wildman–Crippen LogP) is 8.17. The zero-order chi connectivity index (χ0) is 43.1. The van der Waals surface area contributed by atoms with Crippen molar-refractivity contribution in [2.24, 2.45) is 0 Å². The highest BCUT2D eigenvalue weighted by molar-refractivity contribution is 6.30. The second-order valence-electron chi connectivity index (χ2n) is 14.1. The van der Waals surface area contributed by atoms with Crippen LogP contribution in [-0.4, -0.2) is 58.6 Å². The van der Waals surface area contributed by atoms with Crippen LogP contribution in [0.1, 0.15) is 68.1 Å². The van der Waals surface area contributed by atoms with Crippen molar-refractivity contribution >= 4 is 23.4 Å². The van der Waals surface area contributed by atoms with E-state index in [4.69, 9.17) is 11.6 Å². The Bertz CT molecular complexity index is 2430. The molecule has 3 heterocycles. The molecule has 1 fully saturated rings. The third kappa shape index (κ3) is 11.3. The number of carbonyl (C=O) groups excluding carboxylic acids is 2. The first kappa shape index (κ1) is 44.4. The monoisotopic (exact) mass is 841 g/mol. The molecule has 2 N–H and O–H groups in total. The zero-order valence-electron chi connectivity index (χ0n) is 32.4. The van der Waals surface area contributed by atoms with Gasteiger partial charge in [0, 0.05) is 46.9 Å². The summed E-state index contributed by atoms with van der Waals surface area (Å²) in [5, 5.41) is 6.01. The number of rotatable bonds is 10. The molecule has 6 rings (SSSR count). The van der Waals surface area contributed by atoms with Crippen molar-refractivity contribution < 1.29 is 35.9 Å². The van der Waals surface area contributed by atoms with Crippen LogP contribution in [0.2, 0.25) is 5.02 Å². The van der Waals surface area contributed by atoms with Crippen LogP contribution < -0.4 is 21.8 Å². The van der Waals surface area contributed by atoms with Gasteiger partial charge in [-0.05, 0) is 131 Å². The number of likely N-dealkylation sites (tertiary alicyclic amines) is 1. The quantitative estimate of drug-likeness (QED) is 0.138. The Labute approximate surface area is 341 Å². The fourth-order valence-corrected chi connectivity index (χ4v) is 7.00. The minimum atomic E-state index is -4.54. The van der Waals surface area contributed by atoms with Crippen molar-refractivity contribution in [3.05, 3.63) is 162 Å². The van der Waals surface area contributed by atoms with E-state index < -0.39 is 46.4 Å². The van der Waals surface area contributed by atoms with Gasteiger partial charge in [-0.2, -0.15) is 26.3 Å². The number of hydrogen-bond donors (Lipinski definition) is 2. The van der Waals surface area contributed by atoms with Crippen LogP contribution in [0.25, 0.3) is 11.4 Å². The van der Waals surface area contributed by atoms with E-state index >= 15 is 0 Å². The van der Waals surface area contributed by atoms with Crippen molar-refractivity contribution in [1.82, 2.24) is 24.7 Å². The molecule has 0 spiro atoms. The molecule has 5 aromatic rings. The number of aryl methyl sites for hydroxylation is 2. The third-order valence-electron chi connectivity index (χ3n) is 9.93. The lowest BCUT2D eigenvalue weighted by Crippen LogP contribution is -2.36. The molecule has 0 aliphatic carbocycles. The lowest BCUT2D eigenvalue weighted by Gasteiger charge is -2.19. The molecule has 3 aromatic carbocycles. The van der Waals surface area contributed by atoms with Crippen LogP contribution in [0.15, 0.2) is 107 Å². The Morgan fingerprint density at radius 3 is 1.64 bits per heavy atom. The van der Waals surface area contributed by atoms with Gasteiger partial charge in [0.15, 0.2) is 0 Å². The molecule has 1 aliphatic heterocycles. The van der Waals surface area contributed by atoms with Crippen LogP contribution in [0, 0.1) is 13.8 Å². The summed E-state index contributed by atoms with van der Waals surface area (Å²) < 4.78 is 80.4. The molecule has 1 saturated heterocycles. The molecule has 2 amide bonds. The SMILES string of the molecule is Cc1ccc(C(=O)NCCC2CCCN2C)c(=O)n1-c1cccc(C(F)(F)F)c1.Cc1ccc(C(=O)NCCc2cccc(Cl)c2)c(=O)n1-c1cccc(C(F)(F)F)c1. The van der Waals surface area contributed by atoms with E-state index in [1.165, 1.54) is 42.5 Å². The molecule has 2 aromatic heterocycles. The Kier molecular flexibility index (Phi) is 14.3. The highest BCUT2D eigenvalue weighted by atomic mass is 35.5. The molecule has 9 nitrogen and oxygen atoms in total. The predicted molar refractivity (Wildman–Crippen MR) is 214 cm³/mol. The molecule has 59 heavy (non-hydrogen) atoms. The number of nitrogens with zero attached hydrogens (tertiary/aromatic N) is 3. The fourth-order valence-electron chi connectivity index (χ4n) is 6.79. The standard InChI is InChI=1S/C22H18ClF3N2O2.C21H24F3N3O2/c1-14-8-9-19(20(29)27-11-10-15-4-2-6-17(23)12-15)21(30)28(14)18-7-3-5-16(13-18)22(24,25)26;1-14-8-9-18(19(28)25-11-10-16-7-4-12-26(16)2)20(29)27(14)17-6-3-5-15(13-17)21(22,23)24/h2-9,12-13H,10-11H2,1H3,(H,27,29);3,5-6,8-9,13,16H,4,7,10-12H2,1-2H3,(H,25,28). The molecule has 1 atom stereocenters. The van der Waals surface area contributed by atoms with Gasteiger partial charge in [-0.25, -0.2) is 0 Å². The van der Waals surface area contributed by atoms with Crippen molar-refractivity contribution in [2.75, 3.05) is 26.7 Å². The Morgan fingerprint density at radius 1 is 0.695 bits per heavy atom. The van der Waals surface area contributed by atoms with Crippen LogP contribution >= 0.6 is 11.6 Å². The maximum absolute atomic E-state index is 13.0. The summed E-state index contributed by atoms with van der Waals surface area (Å²) in [6, 6.07) is 22.4. The van der Waals surface area contributed by atoms with Crippen LogP contribution in [-0.2, 0) is 18.8 Å². The van der Waals surface area contributed by atoms with Gasteiger partial charge >= 0.3 is 12.4 Å². The van der Waals surface area contributed by atoms with Gasteiger partial charge < -0.3 is 15.5 Å². The van der Waals surface area contributed by atoms with E-state index in [0.29, 0.717) is 35.4 Å². The minimum absolute atomic E-state index is 0.0425. The van der Waals surface area contributed by atoms with Gasteiger partial charge in [0.1, 0.15) is 11.1 Å². The summed E-state index contributed by atoms with van der Waals surface area (Å²) in [5.41, 5.74) is -1.39. The highest BCUT2D eigenvalue weighted by Gasteiger charge is 2.32. The molecule has 1 unspecified atom stereocenters. The van der Waals surface area contributed by atoms with E-state index in [0.717, 1.165) is 64.8 Å². The number of carbonyl (C=O) groups is 2. The number of aromatic nitrogens is 2. The first-order valence-corrected chi connectivity index (χ1v) is 19.0. The van der Waals surface area contributed by atoms with Crippen molar-refractivity contribution in [2.45, 2.75) is 57.9 Å². The zero-order valence-corrected chi connectivity index (χ0v) is 33.1. The van der Waals surface area contributed by atoms with E-state index in [9.17, 15) is 45.5 Å². The first-order chi connectivity index (χ1) is 27.8. The van der Waals surface area contributed by atoms with Gasteiger partial charge in [-0.3, -0.25) is 28.3 Å². The highest BCUT2D eigenvalue weighted by Crippen LogP contribution is 2.31. The number of amides is 2. The van der Waals surface area contributed by atoms with Crippen LogP contribution in [0.4, 0.5) is 26.3 Å². The Balaban J connectivity index is 0.000000224. The molecular weight excluding hydrogens is 800 g/mol. The second-order valence-corrected chi connectivity index (χ2v) is 14.5. The number of benzene rings is 3. The smallest absolute Gasteiger partial charge is 0.352 e. The largest absolute Gasteiger partial charge is 0.416 e. The molecular formula is C43H42ClF6N5O4. The maximum atomic E-state index is 13.0. The average molecular weight is 842 g/mol. The van der Waals surface area contributed by atoms with E-state index in [2.05, 4.69) is 15.5 Å². The number of hydrogen-bond acceptors (Lipinski definition) is 5. The topological polar surface area (TPSA) is 105 Å². The van der Waals surface area contributed by atoms with Gasteiger partial charge in [0.2, 0.25) is 0 Å². The molecule has 312 valence electrons. The average Bonchev–Trinajstić information content (AvgIpc) is 3.58. The van der Waals surface area contributed by atoms with E-state index in [1.54, 1.807) is 38.1 Å². The molecule has 0 bridgehead atoms. The number of nitrogens with one attached hydrogen (secondary N) is 2. The summed E-state index contributed by atoms with van der Waals surface area (Å²) in [6.45, 7) is 4.95. The lowest BCUT2D eigenvalue weighted by atomic mass is 10.1. The number of halogens is 7. The summed E-state index contributed by atoms with van der Waals surface area (Å²) in [4.78, 5) is 53.0. The minimum Gasteiger partial charge on any atom is -0.352 e. The number of alkyl halides is 6. The Hall–Kier alpha value is -5.67. The lowest BCUT2D eigenvalue weighted by molar-refractivity contribution is -0.138. The third-order valence-corrected chi connectivity index (χ3v) is 10.2. The first-order valence-electron chi connectivity index (χ1n) is 18.7. The fraction of sp³-hybridized carbons (Fsp3) is 0.302. The van der Waals surface area contributed by atoms with Crippen LogP contribution in [0.5, 0.6) is 0 Å². The van der Waals surface area contributed by atoms with Crippen LogP contribution in [0.3, 0.4) is 0 Å². The van der Waals surface area contributed by atoms with Gasteiger partial charge in [-0.15, -0.1) is 0 Å². The summed E-state index contributed by atoms with van der Waals surface area (Å²) >= 11 is 5.93. The molecule has 0 radical (unpaired) electrons. The van der Waals surface area contributed by atoms with Crippen molar-refractivity contribution in [3.8, 4) is 11.4 Å². The molecule has 0 saturated carbocycles. The van der Waals surface area contributed by atoms with Gasteiger partial charge in [-0.1, -0.05) is 35.9 Å². The second kappa shape index (κ2) is 18.9. The number of pyridine rings is 2. The van der Waals surface area contributed by atoms with Crippen molar-refractivity contribution in [1.29, 1.82) is 0 Å². The summed E-state index contributed by atoms with van der Waals surface area (Å²) in [6.07, 6.45) is -5.54. The Morgan fingerprint density at radius 2 is 1.19 bits per heavy atom. The van der Waals surface area contributed by atoms with Crippen molar-refractivity contribution in [3.63, 3.8) is 0 Å². The maximum Gasteiger partial charge on any atom is 0.416 e. The van der Waals surface area contributed by atoms with E-state index in [1.807, 2.05) is 13.1 Å². The molecule has 1 aliphatic rings. The normalized spacial score (nSPS) is 14.4.